The molecule has 0 saturated carbocycles. The summed E-state index contributed by atoms with van der Waals surface area (Å²) in [7, 11) is 0. The maximum absolute atomic E-state index is 13.4. The number of amides is 2. The van der Waals surface area contributed by atoms with Gasteiger partial charge in [0.2, 0.25) is 0 Å². The molecule has 0 saturated heterocycles. The third kappa shape index (κ3) is 3.51. The van der Waals surface area contributed by atoms with Crippen LogP contribution in [-0.4, -0.2) is 17.6 Å². The van der Waals surface area contributed by atoms with Crippen molar-refractivity contribution in [2.75, 3.05) is 11.9 Å². The third-order valence-electron chi connectivity index (χ3n) is 3.77. The number of hydrogen-bond donors (Lipinski definition) is 3. The number of urea groups is 1. The lowest BCUT2D eigenvalue weighted by atomic mass is 10.1. The molecular formula is C18H18FN3O. The minimum absolute atomic E-state index is 0.250. The van der Waals surface area contributed by atoms with Gasteiger partial charge < -0.3 is 15.6 Å². The lowest BCUT2D eigenvalue weighted by Crippen LogP contribution is -2.30. The molecule has 0 spiro atoms. The van der Waals surface area contributed by atoms with Crippen LogP contribution < -0.4 is 10.6 Å². The van der Waals surface area contributed by atoms with Crippen LogP contribution in [-0.2, 0) is 6.42 Å². The topological polar surface area (TPSA) is 56.9 Å². The van der Waals surface area contributed by atoms with Gasteiger partial charge in [-0.05, 0) is 49.2 Å². The van der Waals surface area contributed by atoms with Crippen molar-refractivity contribution < 1.29 is 9.18 Å². The number of aromatic amines is 1. The van der Waals surface area contributed by atoms with E-state index in [1.165, 1.54) is 12.1 Å². The second kappa shape index (κ2) is 6.52. The van der Waals surface area contributed by atoms with Gasteiger partial charge in [0.15, 0.2) is 0 Å². The Morgan fingerprint density at radius 2 is 1.96 bits per heavy atom. The van der Waals surface area contributed by atoms with Crippen LogP contribution in [0.25, 0.3) is 10.9 Å². The predicted octanol–water partition coefficient (Wildman–Crippen LogP) is 3.98. The lowest BCUT2D eigenvalue weighted by Gasteiger charge is -2.07. The smallest absolute Gasteiger partial charge is 0.319 e. The molecule has 0 aliphatic carbocycles. The summed E-state index contributed by atoms with van der Waals surface area (Å²) in [6.07, 6.45) is 0.636. The van der Waals surface area contributed by atoms with E-state index in [-0.39, 0.29) is 11.8 Å². The number of fused-ring (bicyclic) bond motifs is 1. The first-order chi connectivity index (χ1) is 11.1. The Labute approximate surface area is 133 Å². The van der Waals surface area contributed by atoms with Crippen LogP contribution in [0.1, 0.15) is 11.3 Å². The molecule has 0 fully saturated rings. The first kappa shape index (κ1) is 15.1. The molecule has 0 bridgehead atoms. The number of anilines is 1. The Morgan fingerprint density at radius 3 is 2.74 bits per heavy atom. The fraction of sp³-hybridized carbons (Fsp3) is 0.167. The zero-order valence-electron chi connectivity index (χ0n) is 12.8. The minimum Gasteiger partial charge on any atom is -0.358 e. The largest absolute Gasteiger partial charge is 0.358 e. The van der Waals surface area contributed by atoms with Crippen LogP contribution >= 0.6 is 0 Å². The van der Waals surface area contributed by atoms with Crippen LogP contribution in [0, 0.1) is 12.7 Å². The number of rotatable bonds is 4. The summed E-state index contributed by atoms with van der Waals surface area (Å²) in [6, 6.07) is 13.7. The SMILES string of the molecule is Cc1[nH]c2ccc(F)cc2c1CCNC(=O)Nc1ccccc1. The van der Waals surface area contributed by atoms with Gasteiger partial charge in [-0.25, -0.2) is 9.18 Å². The van der Waals surface area contributed by atoms with Crippen molar-refractivity contribution in [3.05, 3.63) is 65.6 Å². The zero-order valence-corrected chi connectivity index (χ0v) is 12.8. The van der Waals surface area contributed by atoms with Crippen LogP contribution in [0.3, 0.4) is 0 Å². The summed E-state index contributed by atoms with van der Waals surface area (Å²) in [6.45, 7) is 2.43. The van der Waals surface area contributed by atoms with E-state index in [1.54, 1.807) is 6.07 Å². The molecule has 0 aliphatic rings. The van der Waals surface area contributed by atoms with Crippen LogP contribution in [0.5, 0.6) is 0 Å². The highest BCUT2D eigenvalue weighted by atomic mass is 19.1. The summed E-state index contributed by atoms with van der Waals surface area (Å²) >= 11 is 0. The van der Waals surface area contributed by atoms with Gasteiger partial charge in [0.25, 0.3) is 0 Å². The van der Waals surface area contributed by atoms with Gasteiger partial charge in [-0.2, -0.15) is 0 Å². The minimum atomic E-state index is -0.257. The zero-order chi connectivity index (χ0) is 16.2. The van der Waals surface area contributed by atoms with Gasteiger partial charge in [0, 0.05) is 28.8 Å². The Morgan fingerprint density at radius 1 is 1.17 bits per heavy atom. The monoisotopic (exact) mass is 311 g/mol. The molecule has 0 unspecified atom stereocenters. The van der Waals surface area contributed by atoms with Crippen LogP contribution in [0.2, 0.25) is 0 Å². The molecule has 23 heavy (non-hydrogen) atoms. The Bertz CT molecular complexity index is 827. The highest BCUT2D eigenvalue weighted by molar-refractivity contribution is 5.89. The average Bonchev–Trinajstić information content (AvgIpc) is 2.84. The first-order valence-corrected chi connectivity index (χ1v) is 7.50. The predicted molar refractivity (Wildman–Crippen MR) is 90.2 cm³/mol. The van der Waals surface area contributed by atoms with Crippen LogP contribution in [0.4, 0.5) is 14.9 Å². The molecule has 0 radical (unpaired) electrons. The van der Waals surface area contributed by atoms with Gasteiger partial charge in [0.05, 0.1) is 0 Å². The number of aromatic nitrogens is 1. The van der Waals surface area contributed by atoms with Crippen molar-refractivity contribution in [1.29, 1.82) is 0 Å². The molecule has 3 rings (SSSR count). The van der Waals surface area contributed by atoms with Gasteiger partial charge in [0.1, 0.15) is 5.82 Å². The molecule has 2 aromatic carbocycles. The Kier molecular flexibility index (Phi) is 4.28. The Hall–Kier alpha value is -2.82. The first-order valence-electron chi connectivity index (χ1n) is 7.50. The van der Waals surface area contributed by atoms with E-state index >= 15 is 0 Å². The summed E-state index contributed by atoms with van der Waals surface area (Å²) in [5, 5.41) is 6.45. The summed E-state index contributed by atoms with van der Waals surface area (Å²) in [5.74, 6) is -0.257. The molecule has 1 heterocycles. The van der Waals surface area contributed by atoms with E-state index < -0.39 is 0 Å². The fourth-order valence-electron chi connectivity index (χ4n) is 2.67. The van der Waals surface area contributed by atoms with E-state index in [4.69, 9.17) is 0 Å². The van der Waals surface area contributed by atoms with Crippen molar-refractivity contribution in [3.63, 3.8) is 0 Å². The molecule has 3 N–H and O–H groups in total. The molecule has 1 aromatic heterocycles. The number of carbonyl (C=O) groups excluding carboxylic acids is 1. The number of benzene rings is 2. The van der Waals surface area contributed by atoms with Crippen molar-refractivity contribution in [3.8, 4) is 0 Å². The quantitative estimate of drug-likeness (QED) is 0.670. The van der Waals surface area contributed by atoms with Gasteiger partial charge in [-0.15, -0.1) is 0 Å². The lowest BCUT2D eigenvalue weighted by molar-refractivity contribution is 0.252. The molecule has 2 amide bonds. The molecule has 118 valence electrons. The molecule has 5 heteroatoms. The average molecular weight is 311 g/mol. The number of hydrogen-bond acceptors (Lipinski definition) is 1. The maximum Gasteiger partial charge on any atom is 0.319 e. The maximum atomic E-state index is 13.4. The number of aryl methyl sites for hydroxylation is 1. The summed E-state index contributed by atoms with van der Waals surface area (Å²) in [5.41, 5.74) is 3.68. The normalized spacial score (nSPS) is 10.7. The highest BCUT2D eigenvalue weighted by Crippen LogP contribution is 2.23. The number of carbonyl (C=O) groups is 1. The molecular weight excluding hydrogens is 293 g/mol. The standard InChI is InChI=1S/C18H18FN3O/c1-12-15(16-11-13(19)7-8-17(16)21-12)9-10-20-18(23)22-14-5-3-2-4-6-14/h2-8,11,21H,9-10H2,1H3,(H2,20,22,23). The van der Waals surface area contributed by atoms with E-state index in [2.05, 4.69) is 15.6 Å². The number of halogens is 1. The Balaban J connectivity index is 1.61. The molecule has 3 aromatic rings. The molecule has 0 aliphatic heterocycles. The van der Waals surface area contributed by atoms with Crippen molar-refractivity contribution >= 4 is 22.6 Å². The second-order valence-corrected chi connectivity index (χ2v) is 5.42. The van der Waals surface area contributed by atoms with Crippen molar-refractivity contribution in [2.24, 2.45) is 0 Å². The van der Waals surface area contributed by atoms with E-state index in [9.17, 15) is 9.18 Å². The highest BCUT2D eigenvalue weighted by Gasteiger charge is 2.09. The van der Waals surface area contributed by atoms with Gasteiger partial charge in [-0.3, -0.25) is 0 Å². The third-order valence-corrected chi connectivity index (χ3v) is 3.77. The van der Waals surface area contributed by atoms with E-state index in [1.807, 2.05) is 37.3 Å². The van der Waals surface area contributed by atoms with E-state index in [0.717, 1.165) is 27.8 Å². The second-order valence-electron chi connectivity index (χ2n) is 5.42. The number of H-pyrrole nitrogens is 1. The van der Waals surface area contributed by atoms with Crippen LogP contribution in [0.15, 0.2) is 48.5 Å². The molecule has 4 nitrogen and oxygen atoms in total. The summed E-state index contributed by atoms with van der Waals surface area (Å²) in [4.78, 5) is 15.1. The van der Waals surface area contributed by atoms with Crippen molar-refractivity contribution in [1.82, 2.24) is 10.3 Å². The van der Waals surface area contributed by atoms with Gasteiger partial charge >= 0.3 is 6.03 Å². The molecule has 0 atom stereocenters. The number of para-hydroxylation sites is 1. The number of nitrogens with one attached hydrogen (secondary N) is 3. The van der Waals surface area contributed by atoms with Gasteiger partial charge in [-0.1, -0.05) is 18.2 Å². The van der Waals surface area contributed by atoms with Crippen molar-refractivity contribution in [2.45, 2.75) is 13.3 Å². The summed E-state index contributed by atoms with van der Waals surface area (Å²) < 4.78 is 13.4. The van der Waals surface area contributed by atoms with E-state index in [0.29, 0.717) is 13.0 Å². The fourth-order valence-corrected chi connectivity index (χ4v) is 2.67.